The average Bonchev–Trinajstić information content (AvgIpc) is 3.15. The molecule has 0 saturated carbocycles. The maximum absolute atomic E-state index is 11.9. The summed E-state index contributed by atoms with van der Waals surface area (Å²) < 4.78 is 26.4. The first kappa shape index (κ1) is 16.5. The monoisotopic (exact) mass is 349 g/mol. The predicted octanol–water partition coefficient (Wildman–Crippen LogP) is 1.03. The van der Waals surface area contributed by atoms with E-state index in [2.05, 4.69) is 15.7 Å². The van der Waals surface area contributed by atoms with Gasteiger partial charge in [-0.3, -0.25) is 0 Å². The Bertz CT molecular complexity index is 804. The van der Waals surface area contributed by atoms with Crippen molar-refractivity contribution in [1.82, 2.24) is 19.4 Å². The second kappa shape index (κ2) is 7.02. The zero-order valence-corrected chi connectivity index (χ0v) is 13.9. The third-order valence-corrected chi connectivity index (χ3v) is 5.67. The smallest absolute Gasteiger partial charge is 0.319 e. The number of sulfonamides is 1. The molecule has 1 aromatic carbocycles. The van der Waals surface area contributed by atoms with Crippen LogP contribution in [-0.4, -0.2) is 53.9 Å². The van der Waals surface area contributed by atoms with Crippen molar-refractivity contribution < 1.29 is 13.2 Å². The molecule has 3 rings (SSSR count). The summed E-state index contributed by atoms with van der Waals surface area (Å²) in [5.74, 6) is 0.192. The number of para-hydroxylation sites is 1. The van der Waals surface area contributed by atoms with Crippen LogP contribution in [0.15, 0.2) is 42.7 Å². The molecule has 1 aliphatic rings. The Balaban J connectivity index is 1.48. The Morgan fingerprint density at radius 1 is 1.25 bits per heavy atom. The molecular weight excluding hydrogens is 330 g/mol. The average molecular weight is 349 g/mol. The topological polar surface area (TPSA) is 96.3 Å². The molecule has 1 fully saturated rings. The standard InChI is InChI=1S/C15H19N5O3S/c21-15(16-7-9-19-8-4-10-24(19,22)23)18-13-11-17-20(12-13)14-5-2-1-3-6-14/h1-3,5-6,11-12H,4,7-10H2,(H2,16,18,21). The maximum atomic E-state index is 11.9. The number of carbonyl (C=O) groups excluding carboxylic acids is 1. The van der Waals surface area contributed by atoms with Gasteiger partial charge in [-0.25, -0.2) is 22.2 Å². The van der Waals surface area contributed by atoms with Crippen LogP contribution in [0.3, 0.4) is 0 Å². The van der Waals surface area contributed by atoms with Gasteiger partial charge in [0.2, 0.25) is 10.0 Å². The minimum absolute atomic E-state index is 0.192. The molecule has 2 aromatic rings. The molecule has 128 valence electrons. The SMILES string of the molecule is O=C(NCCN1CCCS1(=O)=O)Nc1cnn(-c2ccccc2)c1. The lowest BCUT2D eigenvalue weighted by atomic mass is 10.3. The zero-order chi connectivity index (χ0) is 17.0. The molecule has 2 amide bonds. The molecule has 0 aliphatic carbocycles. The molecule has 1 aliphatic heterocycles. The van der Waals surface area contributed by atoms with Gasteiger partial charge in [-0.1, -0.05) is 18.2 Å². The van der Waals surface area contributed by atoms with Gasteiger partial charge in [0, 0.05) is 19.6 Å². The number of urea groups is 1. The largest absolute Gasteiger partial charge is 0.337 e. The minimum atomic E-state index is -3.12. The van der Waals surface area contributed by atoms with Crippen LogP contribution in [-0.2, 0) is 10.0 Å². The fourth-order valence-corrected chi connectivity index (χ4v) is 4.05. The van der Waals surface area contributed by atoms with Crippen LogP contribution in [0.5, 0.6) is 0 Å². The predicted molar refractivity (Wildman–Crippen MR) is 90.6 cm³/mol. The third-order valence-electron chi connectivity index (χ3n) is 3.71. The number of carbonyl (C=O) groups is 1. The van der Waals surface area contributed by atoms with Crippen molar-refractivity contribution in [2.45, 2.75) is 6.42 Å². The second-order valence-electron chi connectivity index (χ2n) is 5.46. The van der Waals surface area contributed by atoms with E-state index in [1.807, 2.05) is 30.3 Å². The van der Waals surface area contributed by atoms with E-state index >= 15 is 0 Å². The van der Waals surface area contributed by atoms with Crippen molar-refractivity contribution in [3.8, 4) is 5.69 Å². The normalized spacial score (nSPS) is 16.8. The number of rotatable bonds is 5. The Morgan fingerprint density at radius 2 is 2.04 bits per heavy atom. The molecule has 2 N–H and O–H groups in total. The molecule has 1 aromatic heterocycles. The van der Waals surface area contributed by atoms with Gasteiger partial charge in [-0.15, -0.1) is 0 Å². The van der Waals surface area contributed by atoms with E-state index in [1.54, 1.807) is 17.1 Å². The van der Waals surface area contributed by atoms with Gasteiger partial charge in [0.15, 0.2) is 0 Å². The van der Waals surface area contributed by atoms with Crippen molar-refractivity contribution in [2.75, 3.05) is 30.7 Å². The molecular formula is C15H19N5O3S. The molecule has 0 spiro atoms. The van der Waals surface area contributed by atoms with Crippen LogP contribution in [0.25, 0.3) is 5.69 Å². The first-order valence-electron chi connectivity index (χ1n) is 7.67. The number of nitrogens with zero attached hydrogens (tertiary/aromatic N) is 3. The molecule has 8 nitrogen and oxygen atoms in total. The van der Waals surface area contributed by atoms with Crippen LogP contribution in [0.4, 0.5) is 10.5 Å². The van der Waals surface area contributed by atoms with Crippen LogP contribution >= 0.6 is 0 Å². The van der Waals surface area contributed by atoms with E-state index in [1.165, 1.54) is 4.31 Å². The summed E-state index contributed by atoms with van der Waals surface area (Å²) in [4.78, 5) is 11.9. The molecule has 0 atom stereocenters. The summed E-state index contributed by atoms with van der Waals surface area (Å²) in [7, 11) is -3.12. The molecule has 0 unspecified atom stereocenters. The van der Waals surface area contributed by atoms with Gasteiger partial charge >= 0.3 is 6.03 Å². The van der Waals surface area contributed by atoms with E-state index in [0.29, 0.717) is 25.2 Å². The first-order valence-corrected chi connectivity index (χ1v) is 9.28. The van der Waals surface area contributed by atoms with Gasteiger partial charge < -0.3 is 10.6 Å². The molecule has 24 heavy (non-hydrogen) atoms. The van der Waals surface area contributed by atoms with Crippen LogP contribution in [0.2, 0.25) is 0 Å². The third kappa shape index (κ3) is 3.92. The van der Waals surface area contributed by atoms with E-state index in [-0.39, 0.29) is 18.3 Å². The number of nitrogens with one attached hydrogen (secondary N) is 2. The molecule has 1 saturated heterocycles. The first-order chi connectivity index (χ1) is 11.5. The van der Waals surface area contributed by atoms with Gasteiger partial charge in [0.1, 0.15) is 0 Å². The summed E-state index contributed by atoms with van der Waals surface area (Å²) in [6.45, 7) is 1.08. The lowest BCUT2D eigenvalue weighted by Gasteiger charge is -2.14. The van der Waals surface area contributed by atoms with Crippen LogP contribution < -0.4 is 10.6 Å². The quantitative estimate of drug-likeness (QED) is 0.843. The van der Waals surface area contributed by atoms with Gasteiger partial charge in [0.25, 0.3) is 0 Å². The summed E-state index contributed by atoms with van der Waals surface area (Å²) in [6, 6.07) is 9.16. The van der Waals surface area contributed by atoms with Crippen molar-refractivity contribution in [3.05, 3.63) is 42.7 Å². The van der Waals surface area contributed by atoms with Crippen molar-refractivity contribution >= 4 is 21.7 Å². The molecule has 2 heterocycles. The molecule has 9 heteroatoms. The minimum Gasteiger partial charge on any atom is -0.337 e. The van der Waals surface area contributed by atoms with Gasteiger partial charge in [-0.2, -0.15) is 5.10 Å². The lowest BCUT2D eigenvalue weighted by Crippen LogP contribution is -2.37. The van der Waals surface area contributed by atoms with E-state index in [0.717, 1.165) is 5.69 Å². The number of anilines is 1. The second-order valence-corrected chi connectivity index (χ2v) is 7.55. The highest BCUT2D eigenvalue weighted by molar-refractivity contribution is 7.89. The van der Waals surface area contributed by atoms with Gasteiger partial charge in [0.05, 0.1) is 29.5 Å². The maximum Gasteiger partial charge on any atom is 0.319 e. The number of hydrogen-bond acceptors (Lipinski definition) is 4. The van der Waals surface area contributed by atoms with Crippen molar-refractivity contribution in [1.29, 1.82) is 0 Å². The zero-order valence-electron chi connectivity index (χ0n) is 13.1. The molecule has 0 bridgehead atoms. The Kier molecular flexibility index (Phi) is 4.81. The summed E-state index contributed by atoms with van der Waals surface area (Å²) in [6.07, 6.45) is 3.91. The highest BCUT2D eigenvalue weighted by Gasteiger charge is 2.27. The number of aromatic nitrogens is 2. The summed E-state index contributed by atoms with van der Waals surface area (Å²) >= 11 is 0. The highest BCUT2D eigenvalue weighted by Crippen LogP contribution is 2.12. The number of benzene rings is 1. The fourth-order valence-electron chi connectivity index (χ4n) is 2.52. The summed E-state index contributed by atoms with van der Waals surface area (Å²) in [5, 5.41) is 9.52. The Morgan fingerprint density at radius 3 is 2.75 bits per heavy atom. The van der Waals surface area contributed by atoms with Gasteiger partial charge in [-0.05, 0) is 18.6 Å². The summed E-state index contributed by atoms with van der Waals surface area (Å²) in [5.41, 5.74) is 1.45. The van der Waals surface area contributed by atoms with Crippen LogP contribution in [0, 0.1) is 0 Å². The van der Waals surface area contributed by atoms with E-state index in [9.17, 15) is 13.2 Å². The van der Waals surface area contributed by atoms with Crippen molar-refractivity contribution in [2.24, 2.45) is 0 Å². The van der Waals surface area contributed by atoms with Crippen LogP contribution in [0.1, 0.15) is 6.42 Å². The Hall–Kier alpha value is -2.39. The Labute approximate surface area is 140 Å². The highest BCUT2D eigenvalue weighted by atomic mass is 32.2. The van der Waals surface area contributed by atoms with E-state index < -0.39 is 10.0 Å². The van der Waals surface area contributed by atoms with Crippen molar-refractivity contribution in [3.63, 3.8) is 0 Å². The lowest BCUT2D eigenvalue weighted by molar-refractivity contribution is 0.251. The number of amides is 2. The van der Waals surface area contributed by atoms with E-state index in [4.69, 9.17) is 0 Å². The number of hydrogen-bond donors (Lipinski definition) is 2. The molecule has 0 radical (unpaired) electrons. The fraction of sp³-hybridized carbons (Fsp3) is 0.333.